The van der Waals surface area contributed by atoms with E-state index >= 15 is 0 Å². The summed E-state index contributed by atoms with van der Waals surface area (Å²) in [6.45, 7) is 4.31. The summed E-state index contributed by atoms with van der Waals surface area (Å²) in [4.78, 5) is 13.5. The molecule has 2 aromatic heterocycles. The van der Waals surface area contributed by atoms with Crippen LogP contribution in [0.2, 0.25) is 0 Å². The molecule has 3 aromatic rings. The number of rotatable bonds is 4. The molecule has 1 aromatic carbocycles. The molecule has 0 aliphatic carbocycles. The smallest absolute Gasteiger partial charge is 0.163 e. The van der Waals surface area contributed by atoms with Crippen LogP contribution in [0.1, 0.15) is 20.3 Å². The molecule has 2 heterocycles. The normalized spacial score (nSPS) is 12.3. The predicted octanol–water partition coefficient (Wildman–Crippen LogP) is 3.90. The molecule has 4 heteroatoms. The molecule has 0 unspecified atom stereocenters. The molecule has 0 bridgehead atoms. The quantitative estimate of drug-likeness (QED) is 0.786. The van der Waals surface area contributed by atoms with E-state index in [1.165, 1.54) is 0 Å². The summed E-state index contributed by atoms with van der Waals surface area (Å²) in [5.41, 5.74) is 1.87. The van der Waals surface area contributed by atoms with Crippen molar-refractivity contribution < 1.29 is 0 Å². The van der Waals surface area contributed by atoms with Crippen LogP contribution in [0.4, 0.5) is 5.82 Å². The molecule has 0 fully saturated rings. The van der Waals surface area contributed by atoms with Crippen molar-refractivity contribution in [1.82, 2.24) is 15.0 Å². The van der Waals surface area contributed by atoms with Crippen molar-refractivity contribution >= 4 is 16.7 Å². The van der Waals surface area contributed by atoms with E-state index < -0.39 is 0 Å². The molecule has 0 saturated carbocycles. The summed E-state index contributed by atoms with van der Waals surface area (Å²) >= 11 is 0. The number of nitrogens with one attached hydrogen (secondary N) is 1. The molecule has 3 rings (SSSR count). The maximum atomic E-state index is 4.70. The zero-order valence-corrected chi connectivity index (χ0v) is 12.2. The third-order valence-electron chi connectivity index (χ3n) is 3.52. The van der Waals surface area contributed by atoms with Crippen LogP contribution in [-0.2, 0) is 0 Å². The SMILES string of the molecule is CC[C@H](C)Nc1nc(-c2cccnc2)nc2ccccc12. The van der Waals surface area contributed by atoms with Crippen molar-refractivity contribution in [2.24, 2.45) is 0 Å². The van der Waals surface area contributed by atoms with Crippen molar-refractivity contribution in [2.75, 3.05) is 5.32 Å². The number of fused-ring (bicyclic) bond motifs is 1. The Labute approximate surface area is 124 Å². The first-order valence-corrected chi connectivity index (χ1v) is 7.21. The molecule has 1 atom stereocenters. The van der Waals surface area contributed by atoms with Crippen molar-refractivity contribution in [3.8, 4) is 11.4 Å². The Morgan fingerprint density at radius 2 is 1.95 bits per heavy atom. The molecule has 0 aliphatic heterocycles. The van der Waals surface area contributed by atoms with E-state index in [1.54, 1.807) is 12.4 Å². The van der Waals surface area contributed by atoms with E-state index in [2.05, 4.69) is 29.1 Å². The van der Waals surface area contributed by atoms with Crippen LogP contribution in [0.15, 0.2) is 48.8 Å². The zero-order chi connectivity index (χ0) is 14.7. The fourth-order valence-electron chi connectivity index (χ4n) is 2.15. The zero-order valence-electron chi connectivity index (χ0n) is 12.2. The Hall–Kier alpha value is -2.49. The van der Waals surface area contributed by atoms with Crippen LogP contribution in [0.5, 0.6) is 0 Å². The lowest BCUT2D eigenvalue weighted by Gasteiger charge is -2.15. The second-order valence-electron chi connectivity index (χ2n) is 5.11. The number of hydrogen-bond donors (Lipinski definition) is 1. The van der Waals surface area contributed by atoms with Gasteiger partial charge in [0.1, 0.15) is 5.82 Å². The number of aromatic nitrogens is 3. The Morgan fingerprint density at radius 3 is 2.71 bits per heavy atom. The van der Waals surface area contributed by atoms with Crippen LogP contribution < -0.4 is 5.32 Å². The highest BCUT2D eigenvalue weighted by atomic mass is 15.0. The van der Waals surface area contributed by atoms with Crippen LogP contribution >= 0.6 is 0 Å². The summed E-state index contributed by atoms with van der Waals surface area (Å²) in [5, 5.41) is 4.52. The van der Waals surface area contributed by atoms with E-state index in [1.807, 2.05) is 36.4 Å². The maximum absolute atomic E-state index is 4.70. The number of benzene rings is 1. The Balaban J connectivity index is 2.15. The Morgan fingerprint density at radius 1 is 1.10 bits per heavy atom. The van der Waals surface area contributed by atoms with Crippen LogP contribution in [0.3, 0.4) is 0 Å². The van der Waals surface area contributed by atoms with Gasteiger partial charge in [0.15, 0.2) is 5.82 Å². The van der Waals surface area contributed by atoms with E-state index in [4.69, 9.17) is 4.98 Å². The Bertz CT molecular complexity index is 740. The lowest BCUT2D eigenvalue weighted by Crippen LogP contribution is -2.15. The van der Waals surface area contributed by atoms with E-state index in [9.17, 15) is 0 Å². The van der Waals surface area contributed by atoms with Crippen molar-refractivity contribution in [3.63, 3.8) is 0 Å². The molecular weight excluding hydrogens is 260 g/mol. The molecule has 1 N–H and O–H groups in total. The average molecular weight is 278 g/mol. The number of hydrogen-bond acceptors (Lipinski definition) is 4. The van der Waals surface area contributed by atoms with Gasteiger partial charge in [0.25, 0.3) is 0 Å². The third kappa shape index (κ3) is 2.84. The lowest BCUT2D eigenvalue weighted by atomic mass is 10.2. The number of nitrogens with zero attached hydrogens (tertiary/aromatic N) is 3. The molecule has 0 spiro atoms. The van der Waals surface area contributed by atoms with Gasteiger partial charge in [-0.2, -0.15) is 0 Å². The molecule has 4 nitrogen and oxygen atoms in total. The minimum absolute atomic E-state index is 0.366. The van der Waals surface area contributed by atoms with Gasteiger partial charge >= 0.3 is 0 Å². The summed E-state index contributed by atoms with van der Waals surface area (Å²) in [6.07, 6.45) is 4.58. The first-order chi connectivity index (χ1) is 10.3. The van der Waals surface area contributed by atoms with Gasteiger partial charge in [0.2, 0.25) is 0 Å². The highest BCUT2D eigenvalue weighted by Gasteiger charge is 2.10. The summed E-state index contributed by atoms with van der Waals surface area (Å²) in [5.74, 6) is 1.58. The molecule has 0 saturated heterocycles. The van der Waals surface area contributed by atoms with Gasteiger partial charge < -0.3 is 5.32 Å². The first-order valence-electron chi connectivity index (χ1n) is 7.21. The van der Waals surface area contributed by atoms with Crippen molar-refractivity contribution in [2.45, 2.75) is 26.3 Å². The fourth-order valence-corrected chi connectivity index (χ4v) is 2.15. The second-order valence-corrected chi connectivity index (χ2v) is 5.11. The minimum Gasteiger partial charge on any atom is -0.367 e. The lowest BCUT2D eigenvalue weighted by molar-refractivity contribution is 0.760. The molecule has 0 amide bonds. The Kier molecular flexibility index (Phi) is 3.77. The summed E-state index contributed by atoms with van der Waals surface area (Å²) < 4.78 is 0. The number of para-hydroxylation sites is 1. The third-order valence-corrected chi connectivity index (χ3v) is 3.52. The van der Waals surface area contributed by atoms with Gasteiger partial charge in [-0.05, 0) is 37.6 Å². The molecule has 21 heavy (non-hydrogen) atoms. The molecule has 106 valence electrons. The maximum Gasteiger partial charge on any atom is 0.163 e. The van der Waals surface area contributed by atoms with Gasteiger partial charge in [-0.3, -0.25) is 4.98 Å². The van der Waals surface area contributed by atoms with Gasteiger partial charge in [0.05, 0.1) is 5.52 Å². The van der Waals surface area contributed by atoms with Gasteiger partial charge in [-0.1, -0.05) is 19.1 Å². The van der Waals surface area contributed by atoms with Crippen molar-refractivity contribution in [3.05, 3.63) is 48.8 Å². The minimum atomic E-state index is 0.366. The number of anilines is 1. The van der Waals surface area contributed by atoms with E-state index in [0.717, 1.165) is 28.7 Å². The topological polar surface area (TPSA) is 50.7 Å². The highest BCUT2D eigenvalue weighted by molar-refractivity contribution is 5.90. The van der Waals surface area contributed by atoms with Crippen LogP contribution in [0.25, 0.3) is 22.3 Å². The van der Waals surface area contributed by atoms with Gasteiger partial charge in [0, 0.05) is 29.4 Å². The second kappa shape index (κ2) is 5.87. The van der Waals surface area contributed by atoms with Crippen LogP contribution in [0, 0.1) is 0 Å². The average Bonchev–Trinajstić information content (AvgIpc) is 2.55. The molecular formula is C17H18N4. The molecule has 0 aliphatic rings. The van der Waals surface area contributed by atoms with E-state index in [0.29, 0.717) is 11.9 Å². The van der Waals surface area contributed by atoms with Gasteiger partial charge in [-0.15, -0.1) is 0 Å². The van der Waals surface area contributed by atoms with Gasteiger partial charge in [-0.25, -0.2) is 9.97 Å². The van der Waals surface area contributed by atoms with Crippen LogP contribution in [-0.4, -0.2) is 21.0 Å². The highest BCUT2D eigenvalue weighted by Crippen LogP contribution is 2.25. The number of pyridine rings is 1. The summed E-state index contributed by atoms with van der Waals surface area (Å²) in [6, 6.07) is 12.3. The largest absolute Gasteiger partial charge is 0.367 e. The standard InChI is InChI=1S/C17H18N4/c1-3-12(2)19-17-14-8-4-5-9-15(14)20-16(21-17)13-7-6-10-18-11-13/h4-12H,3H2,1-2H3,(H,19,20,21)/t12-/m0/s1. The monoisotopic (exact) mass is 278 g/mol. The molecule has 0 radical (unpaired) electrons. The van der Waals surface area contributed by atoms with Crippen molar-refractivity contribution in [1.29, 1.82) is 0 Å². The fraction of sp³-hybridized carbons (Fsp3) is 0.235. The summed E-state index contributed by atoms with van der Waals surface area (Å²) in [7, 11) is 0. The predicted molar refractivity (Wildman–Crippen MR) is 86.1 cm³/mol. The first kappa shape index (κ1) is 13.5. The van der Waals surface area contributed by atoms with E-state index in [-0.39, 0.29) is 0 Å².